The number of piperazine rings is 1. The van der Waals surface area contributed by atoms with E-state index in [0.29, 0.717) is 32.7 Å². The standard InChI is InChI=1S/C26H28N6O2/c1-18-6-7-21(15-19(18)2)32-17-20(16-25(32)33)26(34)31-13-11-30(12-14-31)24-9-8-23(28-29-24)22-5-3-4-10-27-22/h3-10,15,20H,11-14,16-17H2,1-2H3. The summed E-state index contributed by atoms with van der Waals surface area (Å²) < 4.78 is 0. The Morgan fingerprint density at radius 3 is 2.41 bits per heavy atom. The zero-order valence-corrected chi connectivity index (χ0v) is 19.5. The molecule has 4 heterocycles. The summed E-state index contributed by atoms with van der Waals surface area (Å²) in [5.41, 5.74) is 4.74. The predicted molar refractivity (Wildman–Crippen MR) is 130 cm³/mol. The zero-order chi connectivity index (χ0) is 23.7. The van der Waals surface area contributed by atoms with Crippen LogP contribution in [0.4, 0.5) is 11.5 Å². The average molecular weight is 457 g/mol. The summed E-state index contributed by atoms with van der Waals surface area (Å²) in [6.07, 6.45) is 2.01. The zero-order valence-electron chi connectivity index (χ0n) is 19.5. The van der Waals surface area contributed by atoms with Crippen LogP contribution >= 0.6 is 0 Å². The van der Waals surface area contributed by atoms with Gasteiger partial charge in [-0.05, 0) is 61.4 Å². The van der Waals surface area contributed by atoms with Crippen LogP contribution in [0, 0.1) is 19.8 Å². The molecule has 1 aromatic carbocycles. The largest absolute Gasteiger partial charge is 0.352 e. The number of hydrogen-bond acceptors (Lipinski definition) is 6. The van der Waals surface area contributed by atoms with Gasteiger partial charge < -0.3 is 14.7 Å². The van der Waals surface area contributed by atoms with Gasteiger partial charge in [0.2, 0.25) is 11.8 Å². The van der Waals surface area contributed by atoms with Crippen LogP contribution in [0.15, 0.2) is 54.7 Å². The van der Waals surface area contributed by atoms with Crippen LogP contribution in [0.1, 0.15) is 17.5 Å². The van der Waals surface area contributed by atoms with E-state index in [-0.39, 0.29) is 24.2 Å². The van der Waals surface area contributed by atoms with Crippen molar-refractivity contribution >= 4 is 23.3 Å². The van der Waals surface area contributed by atoms with Gasteiger partial charge in [-0.15, -0.1) is 10.2 Å². The van der Waals surface area contributed by atoms with Gasteiger partial charge >= 0.3 is 0 Å². The highest BCUT2D eigenvalue weighted by Gasteiger charge is 2.38. The van der Waals surface area contributed by atoms with E-state index in [1.807, 2.05) is 60.4 Å². The quantitative estimate of drug-likeness (QED) is 0.601. The molecule has 2 saturated heterocycles. The maximum Gasteiger partial charge on any atom is 0.228 e. The number of aromatic nitrogens is 3. The fraction of sp³-hybridized carbons (Fsp3) is 0.346. The fourth-order valence-electron chi connectivity index (χ4n) is 4.57. The van der Waals surface area contributed by atoms with Gasteiger partial charge in [0.25, 0.3) is 0 Å². The third-order valence-electron chi connectivity index (χ3n) is 6.77. The van der Waals surface area contributed by atoms with E-state index >= 15 is 0 Å². The second kappa shape index (κ2) is 9.21. The van der Waals surface area contributed by atoms with Crippen molar-refractivity contribution < 1.29 is 9.59 Å². The third-order valence-corrected chi connectivity index (χ3v) is 6.77. The van der Waals surface area contributed by atoms with Crippen LogP contribution < -0.4 is 9.80 Å². The lowest BCUT2D eigenvalue weighted by atomic mass is 10.1. The van der Waals surface area contributed by atoms with Crippen molar-refractivity contribution in [3.63, 3.8) is 0 Å². The highest BCUT2D eigenvalue weighted by atomic mass is 16.2. The van der Waals surface area contributed by atoms with E-state index in [4.69, 9.17) is 0 Å². The Kier molecular flexibility index (Phi) is 5.96. The van der Waals surface area contributed by atoms with E-state index in [0.717, 1.165) is 28.5 Å². The van der Waals surface area contributed by atoms with Gasteiger partial charge in [0, 0.05) is 51.0 Å². The summed E-state index contributed by atoms with van der Waals surface area (Å²) in [6, 6.07) is 15.6. The molecule has 0 spiro atoms. The number of carbonyl (C=O) groups is 2. The maximum absolute atomic E-state index is 13.2. The van der Waals surface area contributed by atoms with E-state index in [9.17, 15) is 9.59 Å². The highest BCUT2D eigenvalue weighted by molar-refractivity contribution is 6.00. The fourth-order valence-corrected chi connectivity index (χ4v) is 4.57. The number of hydrogen-bond donors (Lipinski definition) is 0. The van der Waals surface area contributed by atoms with Gasteiger partial charge in [0.15, 0.2) is 5.82 Å². The molecule has 8 nitrogen and oxygen atoms in total. The molecule has 2 amide bonds. The summed E-state index contributed by atoms with van der Waals surface area (Å²) in [7, 11) is 0. The topological polar surface area (TPSA) is 82.5 Å². The Morgan fingerprint density at radius 1 is 0.912 bits per heavy atom. The first-order valence-electron chi connectivity index (χ1n) is 11.7. The molecule has 0 saturated carbocycles. The Morgan fingerprint density at radius 2 is 1.74 bits per heavy atom. The summed E-state index contributed by atoms with van der Waals surface area (Å²) >= 11 is 0. The van der Waals surface area contributed by atoms with Crippen molar-refractivity contribution in [3.8, 4) is 11.4 Å². The van der Waals surface area contributed by atoms with Crippen molar-refractivity contribution in [1.82, 2.24) is 20.1 Å². The molecule has 0 aliphatic carbocycles. The molecule has 0 N–H and O–H groups in total. The van der Waals surface area contributed by atoms with Crippen LogP contribution in [-0.2, 0) is 9.59 Å². The smallest absolute Gasteiger partial charge is 0.228 e. The molecule has 1 unspecified atom stereocenters. The Hall–Kier alpha value is -3.81. The molecule has 2 fully saturated rings. The van der Waals surface area contributed by atoms with E-state index < -0.39 is 0 Å². The molecule has 0 bridgehead atoms. The Labute approximate surface area is 199 Å². The van der Waals surface area contributed by atoms with E-state index in [2.05, 4.69) is 27.0 Å². The number of rotatable bonds is 4. The van der Waals surface area contributed by atoms with Crippen molar-refractivity contribution in [2.24, 2.45) is 5.92 Å². The minimum Gasteiger partial charge on any atom is -0.352 e. The first kappa shape index (κ1) is 22.0. The molecule has 1 atom stereocenters. The van der Waals surface area contributed by atoms with Crippen LogP contribution in [0.25, 0.3) is 11.4 Å². The van der Waals surface area contributed by atoms with Crippen molar-refractivity contribution in [2.45, 2.75) is 20.3 Å². The number of pyridine rings is 1. The van der Waals surface area contributed by atoms with Gasteiger partial charge in [-0.3, -0.25) is 14.6 Å². The van der Waals surface area contributed by atoms with Gasteiger partial charge in [0.1, 0.15) is 5.69 Å². The summed E-state index contributed by atoms with van der Waals surface area (Å²) in [5.74, 6) is 0.585. The SMILES string of the molecule is Cc1ccc(N2CC(C(=O)N3CCN(c4ccc(-c5ccccn5)nn4)CC3)CC2=O)cc1C. The van der Waals surface area contributed by atoms with Crippen LogP contribution in [0.5, 0.6) is 0 Å². The van der Waals surface area contributed by atoms with Gasteiger partial charge in [-0.2, -0.15) is 0 Å². The number of amides is 2. The molecule has 0 radical (unpaired) electrons. The normalized spacial score (nSPS) is 18.5. The Bertz CT molecular complexity index is 1190. The van der Waals surface area contributed by atoms with Crippen LogP contribution in [0.2, 0.25) is 0 Å². The molecular weight excluding hydrogens is 428 g/mol. The lowest BCUT2D eigenvalue weighted by molar-refractivity contribution is -0.136. The molecule has 2 aliphatic rings. The van der Waals surface area contributed by atoms with E-state index in [1.54, 1.807) is 11.1 Å². The molecule has 5 rings (SSSR count). The molecule has 3 aromatic rings. The number of nitrogens with zero attached hydrogens (tertiary/aromatic N) is 6. The lowest BCUT2D eigenvalue weighted by Gasteiger charge is -2.36. The highest BCUT2D eigenvalue weighted by Crippen LogP contribution is 2.28. The third kappa shape index (κ3) is 4.35. The molecule has 8 heteroatoms. The average Bonchev–Trinajstić information content (AvgIpc) is 3.27. The second-order valence-electron chi connectivity index (χ2n) is 8.98. The lowest BCUT2D eigenvalue weighted by Crippen LogP contribution is -2.51. The summed E-state index contributed by atoms with van der Waals surface area (Å²) in [5, 5.41) is 8.69. The van der Waals surface area contributed by atoms with Gasteiger partial charge in [-0.1, -0.05) is 12.1 Å². The van der Waals surface area contributed by atoms with Crippen molar-refractivity contribution in [1.29, 1.82) is 0 Å². The number of benzene rings is 1. The molecule has 174 valence electrons. The van der Waals surface area contributed by atoms with Gasteiger partial charge in [0.05, 0.1) is 11.6 Å². The maximum atomic E-state index is 13.2. The molecule has 2 aromatic heterocycles. The minimum atomic E-state index is -0.293. The minimum absolute atomic E-state index is 0.0171. The van der Waals surface area contributed by atoms with Crippen molar-refractivity contribution in [2.75, 3.05) is 42.5 Å². The van der Waals surface area contributed by atoms with Crippen LogP contribution in [-0.4, -0.2) is 64.6 Å². The Balaban J connectivity index is 1.18. The van der Waals surface area contributed by atoms with Gasteiger partial charge in [-0.25, -0.2) is 0 Å². The number of anilines is 2. The molecule has 34 heavy (non-hydrogen) atoms. The second-order valence-corrected chi connectivity index (χ2v) is 8.98. The number of carbonyl (C=O) groups excluding carboxylic acids is 2. The van der Waals surface area contributed by atoms with Crippen LogP contribution in [0.3, 0.4) is 0 Å². The summed E-state index contributed by atoms with van der Waals surface area (Å²) in [6.45, 7) is 7.12. The number of aryl methyl sites for hydroxylation is 2. The first-order chi connectivity index (χ1) is 16.5. The summed E-state index contributed by atoms with van der Waals surface area (Å²) in [4.78, 5) is 35.9. The predicted octanol–water partition coefficient (Wildman–Crippen LogP) is 2.86. The van der Waals surface area contributed by atoms with Crippen molar-refractivity contribution in [3.05, 3.63) is 65.9 Å². The molecular formula is C26H28N6O2. The monoisotopic (exact) mass is 456 g/mol. The molecule has 2 aliphatic heterocycles. The first-order valence-corrected chi connectivity index (χ1v) is 11.7. The van der Waals surface area contributed by atoms with E-state index in [1.165, 1.54) is 5.56 Å².